The highest BCUT2D eigenvalue weighted by atomic mass is 19.1. The molecule has 10 rings (SSSR count). The average molecular weight is 995 g/mol. The van der Waals surface area contributed by atoms with E-state index in [4.69, 9.17) is 18.9 Å². The quantitative estimate of drug-likeness (QED) is 0.110. The summed E-state index contributed by atoms with van der Waals surface area (Å²) in [6.45, 7) is 2.78. The molecule has 0 saturated carbocycles. The number of carbonyl (C=O) groups is 4. The maximum absolute atomic E-state index is 13.6. The number of carbonyl (C=O) groups excluding carboxylic acids is 3. The van der Waals surface area contributed by atoms with Crippen molar-refractivity contribution in [1.82, 2.24) is 29.3 Å². The highest BCUT2D eigenvalue weighted by Crippen LogP contribution is 2.41. The van der Waals surface area contributed by atoms with Crippen molar-refractivity contribution >= 4 is 58.2 Å². The van der Waals surface area contributed by atoms with Gasteiger partial charge in [-0.2, -0.15) is 0 Å². The number of carboxylic acid groups (broad SMARTS) is 1. The second-order valence-electron chi connectivity index (χ2n) is 16.9. The van der Waals surface area contributed by atoms with Crippen LogP contribution in [-0.2, 0) is 33.8 Å². The Balaban J connectivity index is 0.000000180. The van der Waals surface area contributed by atoms with Gasteiger partial charge in [-0.25, -0.2) is 18.4 Å². The number of ether oxygens (including phenoxy) is 4. The Labute approximate surface area is 413 Å². The Morgan fingerprint density at radius 2 is 1.25 bits per heavy atom. The van der Waals surface area contributed by atoms with Crippen LogP contribution >= 0.6 is 0 Å². The van der Waals surface area contributed by atoms with Gasteiger partial charge in [0.2, 0.25) is 11.5 Å². The van der Waals surface area contributed by atoms with Crippen molar-refractivity contribution in [2.24, 2.45) is 0 Å². The zero-order chi connectivity index (χ0) is 51.5. The van der Waals surface area contributed by atoms with Crippen LogP contribution in [0.25, 0.3) is 34.5 Å². The van der Waals surface area contributed by atoms with Gasteiger partial charge in [-0.15, -0.1) is 0 Å². The first kappa shape index (κ1) is 48.8. The van der Waals surface area contributed by atoms with E-state index in [2.05, 4.69) is 15.3 Å². The zero-order valence-corrected chi connectivity index (χ0v) is 39.1. The Morgan fingerprint density at radius 1 is 0.712 bits per heavy atom. The molecule has 3 N–H and O–H groups in total. The highest BCUT2D eigenvalue weighted by Gasteiger charge is 2.34. The van der Waals surface area contributed by atoms with Gasteiger partial charge in [-0.05, 0) is 67.1 Å². The number of aromatic hydroxyl groups is 1. The largest absolute Gasteiger partial charge is 0.505 e. The molecule has 18 nitrogen and oxygen atoms in total. The van der Waals surface area contributed by atoms with E-state index in [-0.39, 0.29) is 82.9 Å². The van der Waals surface area contributed by atoms with Crippen molar-refractivity contribution < 1.29 is 57.1 Å². The molecule has 3 aliphatic rings. The van der Waals surface area contributed by atoms with Gasteiger partial charge in [0.05, 0.1) is 19.0 Å². The lowest BCUT2D eigenvalue weighted by Gasteiger charge is -2.29. The van der Waals surface area contributed by atoms with Crippen LogP contribution < -0.4 is 30.6 Å². The van der Waals surface area contributed by atoms with Gasteiger partial charge in [0.1, 0.15) is 45.9 Å². The number of nitrogens with zero attached hydrogens (tertiary/aromatic N) is 5. The van der Waals surface area contributed by atoms with E-state index < -0.39 is 57.4 Å². The molecule has 3 aliphatic heterocycles. The summed E-state index contributed by atoms with van der Waals surface area (Å²) in [7, 11) is 1.34. The minimum atomic E-state index is -1.41. The zero-order valence-electron chi connectivity index (χ0n) is 39.1. The number of amides is 2. The molecule has 1 saturated heterocycles. The first-order valence-electron chi connectivity index (χ1n) is 23.0. The fraction of sp³-hybridized carbons (Fsp3) is 0.208. The number of likely N-dealkylation sites (tertiary alicyclic amines) is 1. The van der Waals surface area contributed by atoms with E-state index in [0.717, 1.165) is 45.7 Å². The first-order chi connectivity index (χ1) is 35.3. The lowest BCUT2D eigenvalue weighted by molar-refractivity contribution is -0.135. The van der Waals surface area contributed by atoms with Crippen LogP contribution in [0.3, 0.4) is 0 Å². The van der Waals surface area contributed by atoms with Crippen molar-refractivity contribution in [3.8, 4) is 23.0 Å². The monoisotopic (exact) mass is 994 g/mol. The normalized spacial score (nSPS) is 13.4. The smallest absolute Gasteiger partial charge is 0.373 e. The molecule has 2 amide bonds. The Bertz CT molecular complexity index is 3550. The fourth-order valence-corrected chi connectivity index (χ4v) is 8.62. The number of rotatable bonds is 12. The number of hydrogen-bond acceptors (Lipinski definition) is 13. The summed E-state index contributed by atoms with van der Waals surface area (Å²) in [5, 5.41) is 22.8. The predicted octanol–water partition coefficient (Wildman–Crippen LogP) is 6.55. The summed E-state index contributed by atoms with van der Waals surface area (Å²) >= 11 is 0. The number of carboxylic acids is 1. The molecule has 0 spiro atoms. The summed E-state index contributed by atoms with van der Waals surface area (Å²) in [5.41, 5.74) is 1.06. The molecule has 7 heterocycles. The Hall–Kier alpha value is -9.20. The molecule has 4 aromatic heterocycles. The summed E-state index contributed by atoms with van der Waals surface area (Å²) in [6, 6.07) is 20.8. The molecule has 372 valence electrons. The number of aliphatic carboxylic acids is 1. The Kier molecular flexibility index (Phi) is 13.8. The van der Waals surface area contributed by atoms with E-state index in [1.165, 1.54) is 49.9 Å². The number of benzene rings is 3. The molecule has 0 aliphatic carbocycles. The molecular formula is C53H44F2N6O12. The number of halogens is 2. The van der Waals surface area contributed by atoms with Crippen LogP contribution in [0, 0.1) is 11.6 Å². The molecule has 20 heteroatoms. The maximum atomic E-state index is 13.6. The van der Waals surface area contributed by atoms with E-state index in [9.17, 15) is 47.8 Å². The topological polar surface area (TPSA) is 231 Å². The molecular weight excluding hydrogens is 951 g/mol. The summed E-state index contributed by atoms with van der Waals surface area (Å²) in [5.74, 6) is -5.29. The maximum Gasteiger partial charge on any atom is 0.373 e. The van der Waals surface area contributed by atoms with Crippen LogP contribution in [-0.4, -0.2) is 84.7 Å². The van der Waals surface area contributed by atoms with Gasteiger partial charge in [0.15, 0.2) is 28.6 Å². The van der Waals surface area contributed by atoms with Crippen LogP contribution in [0.1, 0.15) is 74.7 Å². The van der Waals surface area contributed by atoms with Crippen LogP contribution in [0.5, 0.6) is 23.0 Å². The van der Waals surface area contributed by atoms with Gasteiger partial charge in [0, 0.05) is 56.5 Å². The molecule has 0 unspecified atom stereocenters. The highest BCUT2D eigenvalue weighted by molar-refractivity contribution is 6.05. The fourth-order valence-electron chi connectivity index (χ4n) is 8.62. The molecule has 0 radical (unpaired) electrons. The van der Waals surface area contributed by atoms with Gasteiger partial charge in [-0.1, -0.05) is 54.6 Å². The molecule has 3 aromatic carbocycles. The van der Waals surface area contributed by atoms with E-state index in [1.807, 2.05) is 30.3 Å². The summed E-state index contributed by atoms with van der Waals surface area (Å²) < 4.78 is 51.9. The van der Waals surface area contributed by atoms with Crippen molar-refractivity contribution in [3.63, 3.8) is 0 Å². The standard InChI is InChI=1S/C28H21FN2O7.C25H23FN4O5/c1-2-36-28(35)21-25(37-15-17-6-4-3-5-7-17)22-23-24(38-20(27(33)34)14-31(23)26(21)32)18(13-30-22)12-16-8-10-19(29)11-9-16;1-27-23(32)18-21(31)19-20-22(15(12-28-19)11-14-5-7-16(26)8-6-14)35-17(13-30(20)25(18)34)24(33)29-9-3-2-4-10-29/h3-11,13-14H,2,12,15H2,1H3,(H,33,34);5-8,12-13,31H,2-4,9-11H2,1H3,(H,27,32). The lowest BCUT2D eigenvalue weighted by Crippen LogP contribution is -2.39. The Morgan fingerprint density at radius 3 is 1.81 bits per heavy atom. The van der Waals surface area contributed by atoms with Gasteiger partial charge < -0.3 is 39.4 Å². The van der Waals surface area contributed by atoms with E-state index in [0.29, 0.717) is 29.8 Å². The molecule has 73 heavy (non-hydrogen) atoms. The number of nitrogens with one attached hydrogen (secondary N) is 1. The van der Waals surface area contributed by atoms with Crippen molar-refractivity contribution in [1.29, 1.82) is 0 Å². The second-order valence-corrected chi connectivity index (χ2v) is 16.9. The van der Waals surface area contributed by atoms with Gasteiger partial charge in [0.25, 0.3) is 22.9 Å². The number of hydrogen-bond donors (Lipinski definition) is 3. The minimum absolute atomic E-state index is 0.00302. The van der Waals surface area contributed by atoms with Gasteiger partial charge >= 0.3 is 11.9 Å². The van der Waals surface area contributed by atoms with Crippen LogP contribution in [0.2, 0.25) is 0 Å². The lowest BCUT2D eigenvalue weighted by atomic mass is 10.0. The molecule has 0 bridgehead atoms. The number of aromatic nitrogens is 4. The van der Waals surface area contributed by atoms with E-state index >= 15 is 0 Å². The third-order valence-electron chi connectivity index (χ3n) is 12.2. The average Bonchev–Trinajstić information content (AvgIpc) is 3.40. The third-order valence-corrected chi connectivity index (χ3v) is 12.2. The van der Waals surface area contributed by atoms with Crippen molar-refractivity contribution in [2.75, 3.05) is 26.7 Å². The minimum Gasteiger partial charge on any atom is -0.505 e. The van der Waals surface area contributed by atoms with Crippen molar-refractivity contribution in [3.05, 3.63) is 174 Å². The first-order valence-corrected chi connectivity index (χ1v) is 23.0. The van der Waals surface area contributed by atoms with E-state index in [1.54, 1.807) is 36.1 Å². The van der Waals surface area contributed by atoms with Crippen molar-refractivity contribution in [2.45, 2.75) is 45.6 Å². The van der Waals surface area contributed by atoms with Crippen LogP contribution in [0.15, 0.2) is 112 Å². The second kappa shape index (κ2) is 20.6. The summed E-state index contributed by atoms with van der Waals surface area (Å²) in [6.07, 6.45) is 8.42. The third kappa shape index (κ3) is 9.69. The SMILES string of the molecule is CCOC(=O)c1c(OCc2ccccc2)c2ncc(Cc3ccc(F)cc3)c3c2n(c1=O)C=C(C(=O)O)O3.CNC(=O)c1c(O)c2ncc(Cc3ccc(F)cc3)c3c2n(c1=O)C=C(C(=O)N1CCCCC1)O3. The molecule has 1 fully saturated rings. The molecule has 7 aromatic rings. The summed E-state index contributed by atoms with van der Waals surface area (Å²) in [4.78, 5) is 87.9. The molecule has 0 atom stereocenters. The number of esters is 1. The van der Waals surface area contributed by atoms with Crippen LogP contribution in [0.4, 0.5) is 8.78 Å². The predicted molar refractivity (Wildman–Crippen MR) is 260 cm³/mol. The van der Waals surface area contributed by atoms with Gasteiger partial charge in [-0.3, -0.25) is 38.3 Å². The number of pyridine rings is 4. The number of piperidine rings is 1.